The van der Waals surface area contributed by atoms with E-state index in [0.717, 1.165) is 18.5 Å². The maximum absolute atomic E-state index is 6.21. The molecule has 1 aliphatic carbocycles. The van der Waals surface area contributed by atoms with Gasteiger partial charge in [-0.3, -0.25) is 0 Å². The van der Waals surface area contributed by atoms with Crippen molar-refractivity contribution in [3.63, 3.8) is 0 Å². The van der Waals surface area contributed by atoms with Gasteiger partial charge in [-0.2, -0.15) is 0 Å². The summed E-state index contributed by atoms with van der Waals surface area (Å²) < 4.78 is 5.65. The topological polar surface area (TPSA) is 34.2 Å². The Morgan fingerprint density at radius 2 is 2.35 bits per heavy atom. The highest BCUT2D eigenvalue weighted by Gasteiger charge is 2.20. The second-order valence-corrected chi connectivity index (χ2v) is 6.40. The molecule has 1 saturated carbocycles. The van der Waals surface area contributed by atoms with Crippen LogP contribution in [0.1, 0.15) is 23.3 Å². The molecule has 0 aromatic carbocycles. The van der Waals surface area contributed by atoms with E-state index in [1.165, 1.54) is 17.7 Å². The summed E-state index contributed by atoms with van der Waals surface area (Å²) >= 11 is 7.95. The number of hydrogen-bond acceptors (Lipinski definition) is 4. The van der Waals surface area contributed by atoms with Crippen molar-refractivity contribution in [2.75, 3.05) is 6.61 Å². The van der Waals surface area contributed by atoms with Crippen LogP contribution in [0.25, 0.3) is 0 Å². The van der Waals surface area contributed by atoms with Gasteiger partial charge in [0.1, 0.15) is 5.02 Å². The van der Waals surface area contributed by atoms with Gasteiger partial charge in [-0.25, -0.2) is 4.98 Å². The molecule has 3 rings (SSSR count). The zero-order valence-corrected chi connectivity index (χ0v) is 12.7. The van der Waals surface area contributed by atoms with Gasteiger partial charge in [0.15, 0.2) is 0 Å². The first-order chi connectivity index (χ1) is 9.81. The van der Waals surface area contributed by atoms with E-state index in [0.29, 0.717) is 23.6 Å². The molecule has 1 fully saturated rings. The normalized spacial score (nSPS) is 14.4. The molecule has 0 aliphatic heterocycles. The van der Waals surface area contributed by atoms with Crippen molar-refractivity contribution >= 4 is 22.9 Å². The highest BCUT2D eigenvalue weighted by molar-refractivity contribution is 7.09. The summed E-state index contributed by atoms with van der Waals surface area (Å²) in [5.74, 6) is 0.526. The minimum Gasteiger partial charge on any atom is -0.476 e. The van der Waals surface area contributed by atoms with Crippen LogP contribution in [-0.2, 0) is 13.0 Å². The fourth-order valence-corrected chi connectivity index (χ4v) is 2.85. The van der Waals surface area contributed by atoms with E-state index in [-0.39, 0.29) is 0 Å². The predicted molar refractivity (Wildman–Crippen MR) is 82.6 cm³/mol. The summed E-state index contributed by atoms with van der Waals surface area (Å²) in [5, 5.41) is 6.10. The maximum atomic E-state index is 6.21. The minimum absolute atomic E-state index is 0.526. The van der Waals surface area contributed by atoms with Crippen molar-refractivity contribution in [1.82, 2.24) is 10.3 Å². The Morgan fingerprint density at radius 3 is 3.05 bits per heavy atom. The third-order valence-electron chi connectivity index (χ3n) is 3.20. The number of halogens is 1. The van der Waals surface area contributed by atoms with E-state index >= 15 is 0 Å². The van der Waals surface area contributed by atoms with E-state index < -0.39 is 0 Å². The average molecular weight is 309 g/mol. The van der Waals surface area contributed by atoms with Crippen LogP contribution in [-0.4, -0.2) is 17.6 Å². The lowest BCUT2D eigenvalue weighted by Crippen LogP contribution is -2.15. The largest absolute Gasteiger partial charge is 0.476 e. The Labute approximate surface area is 127 Å². The first-order valence-corrected chi connectivity index (χ1v) is 8.10. The van der Waals surface area contributed by atoms with Crippen LogP contribution in [0.4, 0.5) is 0 Å². The quantitative estimate of drug-likeness (QED) is 0.847. The molecule has 0 radical (unpaired) electrons. The van der Waals surface area contributed by atoms with Crippen molar-refractivity contribution in [1.29, 1.82) is 0 Å². The molecule has 0 spiro atoms. The molecule has 20 heavy (non-hydrogen) atoms. The van der Waals surface area contributed by atoms with Crippen molar-refractivity contribution in [2.24, 2.45) is 0 Å². The zero-order valence-electron chi connectivity index (χ0n) is 11.1. The third-order valence-corrected chi connectivity index (χ3v) is 4.41. The molecule has 1 N–H and O–H groups in total. The van der Waals surface area contributed by atoms with Crippen LogP contribution in [0.15, 0.2) is 29.8 Å². The second-order valence-electron chi connectivity index (χ2n) is 4.96. The predicted octanol–water partition coefficient (Wildman–Crippen LogP) is 3.67. The third kappa shape index (κ3) is 3.95. The van der Waals surface area contributed by atoms with Gasteiger partial charge in [-0.15, -0.1) is 11.3 Å². The molecule has 0 atom stereocenters. The molecule has 0 amide bonds. The molecule has 5 heteroatoms. The van der Waals surface area contributed by atoms with E-state index in [1.807, 2.05) is 18.3 Å². The molecule has 106 valence electrons. The summed E-state index contributed by atoms with van der Waals surface area (Å²) in [6, 6.07) is 6.78. The number of hydrogen-bond donors (Lipinski definition) is 1. The fraction of sp³-hybridized carbons (Fsp3) is 0.400. The molecule has 2 aromatic rings. The highest BCUT2D eigenvalue weighted by Crippen LogP contribution is 2.24. The number of rotatable bonds is 7. The number of aromatic nitrogens is 1. The summed E-state index contributed by atoms with van der Waals surface area (Å²) in [5.41, 5.74) is 1.10. The monoisotopic (exact) mass is 308 g/mol. The first-order valence-electron chi connectivity index (χ1n) is 6.84. The van der Waals surface area contributed by atoms with Gasteiger partial charge in [0.05, 0.1) is 6.61 Å². The van der Waals surface area contributed by atoms with Crippen LogP contribution in [0.3, 0.4) is 0 Å². The van der Waals surface area contributed by atoms with E-state index in [2.05, 4.69) is 21.7 Å². The summed E-state index contributed by atoms with van der Waals surface area (Å²) in [6.45, 7) is 1.43. The molecule has 1 aliphatic rings. The van der Waals surface area contributed by atoms with E-state index in [1.54, 1.807) is 11.3 Å². The first kappa shape index (κ1) is 13.9. The van der Waals surface area contributed by atoms with Crippen LogP contribution < -0.4 is 10.1 Å². The average Bonchev–Trinajstić information content (AvgIpc) is 3.14. The Morgan fingerprint density at radius 1 is 1.45 bits per heavy atom. The number of nitrogens with zero attached hydrogens (tertiary/aromatic N) is 1. The maximum Gasteiger partial charge on any atom is 0.232 e. The van der Waals surface area contributed by atoms with Gasteiger partial charge >= 0.3 is 0 Å². The summed E-state index contributed by atoms with van der Waals surface area (Å²) in [6.07, 6.45) is 5.29. The van der Waals surface area contributed by atoms with E-state index in [9.17, 15) is 0 Å². The van der Waals surface area contributed by atoms with Gasteiger partial charge < -0.3 is 10.1 Å². The standard InChI is InChI=1S/C15H17ClN2OS/c16-14-8-11(9-17-12-3-4-12)10-18-15(14)19-6-5-13-2-1-7-20-13/h1-2,7-8,10,12,17H,3-6,9H2. The van der Waals surface area contributed by atoms with Gasteiger partial charge in [0.25, 0.3) is 0 Å². The minimum atomic E-state index is 0.526. The van der Waals surface area contributed by atoms with Crippen LogP contribution in [0, 0.1) is 0 Å². The molecule has 3 nitrogen and oxygen atoms in total. The van der Waals surface area contributed by atoms with Gasteiger partial charge in [0, 0.05) is 30.1 Å². The molecule has 0 saturated heterocycles. The molecule has 0 unspecified atom stereocenters. The molecule has 2 aromatic heterocycles. The number of nitrogens with one attached hydrogen (secondary N) is 1. The molecular weight excluding hydrogens is 292 g/mol. The van der Waals surface area contributed by atoms with Gasteiger partial charge in [-0.1, -0.05) is 17.7 Å². The van der Waals surface area contributed by atoms with Gasteiger partial charge in [-0.05, 0) is 35.9 Å². The molecule has 0 bridgehead atoms. The van der Waals surface area contributed by atoms with Crippen LogP contribution >= 0.6 is 22.9 Å². The van der Waals surface area contributed by atoms with E-state index in [4.69, 9.17) is 16.3 Å². The zero-order chi connectivity index (χ0) is 13.8. The Bertz CT molecular complexity index is 555. The lowest BCUT2D eigenvalue weighted by Gasteiger charge is -2.08. The Balaban J connectivity index is 1.50. The van der Waals surface area contributed by atoms with Crippen molar-refractivity contribution in [2.45, 2.75) is 31.8 Å². The molecular formula is C15H17ClN2OS. The number of thiophene rings is 1. The second kappa shape index (κ2) is 6.57. The lowest BCUT2D eigenvalue weighted by molar-refractivity contribution is 0.310. The van der Waals surface area contributed by atoms with Crippen molar-refractivity contribution < 1.29 is 4.74 Å². The lowest BCUT2D eigenvalue weighted by atomic mass is 10.3. The highest BCUT2D eigenvalue weighted by atomic mass is 35.5. The van der Waals surface area contributed by atoms with Crippen molar-refractivity contribution in [3.05, 3.63) is 45.2 Å². The van der Waals surface area contributed by atoms with Crippen molar-refractivity contribution in [3.8, 4) is 5.88 Å². The molecule has 2 heterocycles. The summed E-state index contributed by atoms with van der Waals surface area (Å²) in [7, 11) is 0. The Kier molecular flexibility index (Phi) is 4.55. The smallest absolute Gasteiger partial charge is 0.232 e. The van der Waals surface area contributed by atoms with Crippen LogP contribution in [0.5, 0.6) is 5.88 Å². The Hall–Kier alpha value is -1.10. The number of pyridine rings is 1. The SMILES string of the molecule is Clc1cc(CNC2CC2)cnc1OCCc1cccs1. The number of ether oxygens (including phenoxy) is 1. The van der Waals surface area contributed by atoms with Gasteiger partial charge in [0.2, 0.25) is 5.88 Å². The summed E-state index contributed by atoms with van der Waals surface area (Å²) in [4.78, 5) is 5.62. The van der Waals surface area contributed by atoms with Crippen LogP contribution in [0.2, 0.25) is 5.02 Å². The fourth-order valence-electron chi connectivity index (χ4n) is 1.92.